The quantitative estimate of drug-likeness (QED) is 0.217. The lowest BCUT2D eigenvalue weighted by molar-refractivity contribution is -0.347. The number of ether oxygens (including phenoxy) is 14. The molecule has 14 heterocycles. The van der Waals surface area contributed by atoms with Crippen molar-refractivity contribution < 1.29 is 86.4 Å². The van der Waals surface area contributed by atoms with Crippen molar-refractivity contribution in [1.29, 1.82) is 0 Å². The molecule has 1 unspecified atom stereocenters. The van der Waals surface area contributed by atoms with Gasteiger partial charge in [0, 0.05) is 83.1 Å². The molecule has 14 aliphatic heterocycles. The van der Waals surface area contributed by atoms with Crippen LogP contribution < -0.4 is 5.73 Å². The lowest BCUT2D eigenvalue weighted by Crippen LogP contribution is -2.61. The Hall–Kier alpha value is -1.73. The average Bonchev–Trinajstić information content (AvgIpc) is 4.18. The fraction of sp³-hybridized carbons (Fsp3) is 0.917. The molecule has 14 fully saturated rings. The van der Waals surface area contributed by atoms with Crippen molar-refractivity contribution in [3.8, 4) is 0 Å². The maximum absolute atomic E-state index is 14.5. The van der Waals surface area contributed by atoms with Gasteiger partial charge in [-0.15, -0.1) is 0 Å². The van der Waals surface area contributed by atoms with Crippen LogP contribution in [0.5, 0.6) is 0 Å². The molecule has 14 saturated heterocycles. The summed E-state index contributed by atoms with van der Waals surface area (Å²) < 4.78 is 96.4. The van der Waals surface area contributed by atoms with Gasteiger partial charge in [0.15, 0.2) is 17.4 Å². The zero-order chi connectivity index (χ0) is 54.4. The Labute approximate surface area is 464 Å². The first kappa shape index (κ1) is 55.2. The van der Waals surface area contributed by atoms with Gasteiger partial charge < -0.3 is 87.4 Å². The number of hydrogen-bond acceptors (Lipinski definition) is 19. The summed E-state index contributed by atoms with van der Waals surface area (Å²) >= 11 is 0. The first-order valence-corrected chi connectivity index (χ1v) is 30.8. The van der Waals surface area contributed by atoms with E-state index in [-0.39, 0.29) is 141 Å². The first-order valence-electron chi connectivity index (χ1n) is 30.8. The fourth-order valence-electron chi connectivity index (χ4n) is 17.8. The van der Waals surface area contributed by atoms with Gasteiger partial charge in [0.2, 0.25) is 0 Å². The lowest BCUT2D eigenvalue weighted by Gasteiger charge is -2.50. The molecule has 31 atom stereocenters. The number of carbonyl (C=O) groups is 1. The highest BCUT2D eigenvalue weighted by molar-refractivity contribution is 5.70. The third-order valence-electron chi connectivity index (χ3n) is 21.6. The molecule has 5 N–H and O–H groups in total. The average molecular weight is 1110 g/mol. The Morgan fingerprint density at radius 3 is 2.04 bits per heavy atom. The van der Waals surface area contributed by atoms with Crippen LogP contribution in [0.2, 0.25) is 0 Å². The van der Waals surface area contributed by atoms with Gasteiger partial charge in [-0.05, 0) is 73.8 Å². The number of hydrogen-bond donors (Lipinski definition) is 4. The molecule has 19 nitrogen and oxygen atoms in total. The Morgan fingerprint density at radius 1 is 0.544 bits per heavy atom. The molecule has 3 spiro atoms. The summed E-state index contributed by atoms with van der Waals surface area (Å²) in [6, 6.07) is 0. The molecule has 0 aromatic rings. The molecule has 0 amide bonds. The van der Waals surface area contributed by atoms with Crippen molar-refractivity contribution in [3.05, 3.63) is 24.3 Å². The Balaban J connectivity index is 0.682. The first-order chi connectivity index (χ1) is 37.9. The monoisotopic (exact) mass is 1110 g/mol. The van der Waals surface area contributed by atoms with E-state index in [2.05, 4.69) is 40.9 Å². The molecule has 0 radical (unpaired) electrons. The maximum Gasteiger partial charge on any atom is 0.308 e. The molecule has 19 heteroatoms. The summed E-state index contributed by atoms with van der Waals surface area (Å²) in [5, 5.41) is 32.4. The summed E-state index contributed by atoms with van der Waals surface area (Å²) in [7, 11) is 0. The highest BCUT2D eigenvalue weighted by Crippen LogP contribution is 2.57. The van der Waals surface area contributed by atoms with Gasteiger partial charge in [-0.3, -0.25) is 4.79 Å². The normalized spacial score (nSPS) is 55.9. The van der Waals surface area contributed by atoms with Crippen LogP contribution in [0.1, 0.15) is 150 Å². The Morgan fingerprint density at radius 2 is 1.20 bits per heavy atom. The summed E-state index contributed by atoms with van der Waals surface area (Å²) in [5.41, 5.74) is 7.77. The van der Waals surface area contributed by atoms with E-state index in [4.69, 9.17) is 72.0 Å². The van der Waals surface area contributed by atoms with E-state index in [1.807, 2.05) is 0 Å². The van der Waals surface area contributed by atoms with E-state index in [1.165, 1.54) is 0 Å². The largest absolute Gasteiger partial charge is 0.459 e. The van der Waals surface area contributed by atoms with Gasteiger partial charge in [0.25, 0.3) is 0 Å². The van der Waals surface area contributed by atoms with Crippen molar-refractivity contribution in [1.82, 2.24) is 0 Å². The fourth-order valence-corrected chi connectivity index (χ4v) is 17.8. The number of fused-ring (bicyclic) bond motifs is 13. The van der Waals surface area contributed by atoms with Crippen LogP contribution in [0.3, 0.4) is 0 Å². The maximum atomic E-state index is 14.5. The number of carbonyl (C=O) groups excluding carboxylic acids is 1. The van der Waals surface area contributed by atoms with Gasteiger partial charge in [0.05, 0.1) is 135 Å². The van der Waals surface area contributed by atoms with Crippen molar-refractivity contribution in [2.24, 2.45) is 29.4 Å². The molecular formula is C60H89NO18. The van der Waals surface area contributed by atoms with Gasteiger partial charge >= 0.3 is 5.97 Å². The zero-order valence-corrected chi connectivity index (χ0v) is 46.8. The Kier molecular flexibility index (Phi) is 14.7. The highest BCUT2D eigenvalue weighted by atomic mass is 16.8. The molecule has 10 bridgehead atoms. The van der Waals surface area contributed by atoms with Gasteiger partial charge in [-0.2, -0.15) is 0 Å². The minimum atomic E-state index is -0.995. The van der Waals surface area contributed by atoms with E-state index in [1.54, 1.807) is 0 Å². The molecule has 0 saturated carbocycles. The van der Waals surface area contributed by atoms with Gasteiger partial charge in [0.1, 0.15) is 18.3 Å². The van der Waals surface area contributed by atoms with E-state index in [9.17, 15) is 20.1 Å². The van der Waals surface area contributed by atoms with E-state index >= 15 is 0 Å². The van der Waals surface area contributed by atoms with Crippen LogP contribution in [0, 0.1) is 23.7 Å². The van der Waals surface area contributed by atoms with E-state index < -0.39 is 72.3 Å². The van der Waals surface area contributed by atoms with Crippen LogP contribution in [0.15, 0.2) is 24.3 Å². The predicted molar refractivity (Wildman–Crippen MR) is 278 cm³/mol. The van der Waals surface area contributed by atoms with Crippen molar-refractivity contribution in [2.45, 2.75) is 314 Å². The third-order valence-corrected chi connectivity index (χ3v) is 21.6. The molecule has 0 aromatic carbocycles. The summed E-state index contributed by atoms with van der Waals surface area (Å²) in [5.74, 6) is -2.90. The molecule has 0 aromatic heterocycles. The summed E-state index contributed by atoms with van der Waals surface area (Å²) in [6.07, 6.45) is 1.96. The molecular weight excluding hydrogens is 1020 g/mol. The van der Waals surface area contributed by atoms with Gasteiger partial charge in [-0.25, -0.2) is 0 Å². The minimum Gasteiger partial charge on any atom is -0.459 e. The summed E-state index contributed by atoms with van der Waals surface area (Å²) in [4.78, 5) is 14.5. The Bertz CT molecular complexity index is 2290. The molecule has 14 aliphatic rings. The third kappa shape index (κ3) is 10.2. The smallest absolute Gasteiger partial charge is 0.308 e. The standard InChI is InChI=1S/C60H89NO18/c1-27-13-34-7-9-39-28(2)14-36(66-39)11-12-58-23-38(64)56(79-58)46-20-48(75-58)57-40(69-46)10-8-35(68-57)16-51(65)73-55-32(6)54-45(70-44(55)17-41(67-34)31(27)5)19-43-49(72-54)24-60(74-43)25-50-53(78-60)30(4)22-59(77-50)21-29(3)52-47(76-59)18-42(71-52)37(63)15-33(62)26-61/h27,29-30,32-50,52-57,62-64H,2,5,7-26,61H2,1,3-4,6H3/t27-,29+,30+,32+,33-,34+,35-,36+,37+,38?,39+,40+,41-,42+,43-,44+,45+,46-,47+,48-,49-,50+,52+,53+,54+,55-,56+,57+,58-,59-,60+/m1/s1. The second kappa shape index (κ2) is 21.1. The number of nitrogens with two attached hydrogens (primary N) is 1. The van der Waals surface area contributed by atoms with E-state index in [0.717, 1.165) is 36.8 Å². The molecule has 442 valence electrons. The number of rotatable bonds is 4. The topological polar surface area (TPSA) is 233 Å². The van der Waals surface area contributed by atoms with E-state index in [0.29, 0.717) is 83.5 Å². The number of esters is 1. The SMILES string of the molecule is C=C1C[C@@H]2CC[C@]34CC(O)[C@H](O3)[C@H]3C[C@@H](O4)[C@H]4O[C@H](CC[C@@H]4O3)CC(=O)O[C@@H]3[C@@H](C)[C@@H]4O[C@@H]5C[C@]6(C[C@@H]7O[C@]8(C[C@H](C)[C@@H]9O[C@H]([C@@H](O)C[C@@H](O)CN)C[C@@H]9O8)C[C@H](C)[C@@H]7O6)O[C@@H]5C[C@@H]4O[C@H]3C[C@H]3O[C@@H](CC[C@@H]1O2)C[C@@H](C)C3=C. The van der Waals surface area contributed by atoms with Crippen molar-refractivity contribution in [3.63, 3.8) is 0 Å². The number of aliphatic hydroxyl groups excluding tert-OH is 3. The van der Waals surface area contributed by atoms with Crippen molar-refractivity contribution in [2.75, 3.05) is 6.54 Å². The second-order valence-corrected chi connectivity index (χ2v) is 27.4. The van der Waals surface area contributed by atoms with Crippen LogP contribution in [0.4, 0.5) is 0 Å². The number of aliphatic hydroxyl groups is 3. The second-order valence-electron chi connectivity index (χ2n) is 27.4. The molecule has 0 aliphatic carbocycles. The lowest BCUT2D eigenvalue weighted by atomic mass is 9.79. The summed E-state index contributed by atoms with van der Waals surface area (Å²) in [6.45, 7) is 17.9. The van der Waals surface area contributed by atoms with Crippen LogP contribution in [0.25, 0.3) is 0 Å². The van der Waals surface area contributed by atoms with Crippen molar-refractivity contribution >= 4 is 5.97 Å². The highest BCUT2D eigenvalue weighted by Gasteiger charge is 2.66. The zero-order valence-electron chi connectivity index (χ0n) is 46.8. The predicted octanol–water partition coefficient (Wildman–Crippen LogP) is 4.88. The van der Waals surface area contributed by atoms with Crippen LogP contribution in [-0.2, 0) is 71.1 Å². The molecule has 79 heavy (non-hydrogen) atoms. The molecule has 14 rings (SSSR count). The van der Waals surface area contributed by atoms with Gasteiger partial charge in [-0.1, -0.05) is 40.9 Å². The van der Waals surface area contributed by atoms with Crippen LogP contribution in [-0.4, -0.2) is 192 Å². The van der Waals surface area contributed by atoms with Crippen LogP contribution >= 0.6 is 0 Å². The minimum absolute atomic E-state index is 0.0343.